The monoisotopic (exact) mass is 265 g/mol. The van der Waals surface area contributed by atoms with E-state index in [1.165, 1.54) is 0 Å². The highest BCUT2D eigenvalue weighted by Crippen LogP contribution is 2.11. The summed E-state index contributed by atoms with van der Waals surface area (Å²) in [4.78, 5) is 11.8. The molecule has 0 fully saturated rings. The summed E-state index contributed by atoms with van der Waals surface area (Å²) < 4.78 is 0. The van der Waals surface area contributed by atoms with E-state index >= 15 is 0 Å². The van der Waals surface area contributed by atoms with Gasteiger partial charge in [0.05, 0.1) is 12.5 Å². The van der Waals surface area contributed by atoms with Crippen molar-refractivity contribution in [2.45, 2.75) is 19.4 Å². The Labute approximate surface area is 109 Å². The first kappa shape index (κ1) is 12.5. The Morgan fingerprint density at radius 1 is 1.56 bits per heavy atom. The molecule has 1 unspecified atom stereocenters. The van der Waals surface area contributed by atoms with E-state index in [0.29, 0.717) is 10.8 Å². The van der Waals surface area contributed by atoms with Crippen LogP contribution < -0.4 is 5.32 Å². The van der Waals surface area contributed by atoms with Gasteiger partial charge in [0.1, 0.15) is 0 Å². The van der Waals surface area contributed by atoms with Gasteiger partial charge in [0.2, 0.25) is 5.91 Å². The third-order valence-corrected chi connectivity index (χ3v) is 2.62. The third kappa shape index (κ3) is 3.27. The maximum Gasteiger partial charge on any atom is 0.225 e. The zero-order valence-corrected chi connectivity index (χ0v) is 10.5. The van der Waals surface area contributed by atoms with Crippen LogP contribution in [-0.2, 0) is 11.2 Å². The Balaban J connectivity index is 1.93. The summed E-state index contributed by atoms with van der Waals surface area (Å²) in [5.41, 5.74) is 0.861. The van der Waals surface area contributed by atoms with Crippen LogP contribution >= 0.6 is 11.6 Å². The fourth-order valence-electron chi connectivity index (χ4n) is 1.54. The van der Waals surface area contributed by atoms with Gasteiger partial charge in [0, 0.05) is 5.02 Å². The zero-order chi connectivity index (χ0) is 13.0. The number of nitrogens with one attached hydrogen (secondary N) is 2. The second kappa shape index (κ2) is 5.59. The minimum absolute atomic E-state index is 0.116. The number of aromatic nitrogens is 4. The molecule has 1 amide bonds. The van der Waals surface area contributed by atoms with Crippen molar-refractivity contribution in [3.63, 3.8) is 0 Å². The van der Waals surface area contributed by atoms with Gasteiger partial charge in [-0.1, -0.05) is 28.9 Å². The van der Waals surface area contributed by atoms with Crippen LogP contribution in [0.15, 0.2) is 24.3 Å². The second-order valence-corrected chi connectivity index (χ2v) is 4.30. The Bertz CT molecular complexity index is 528. The molecule has 1 aromatic heterocycles. The molecule has 0 aliphatic rings. The highest BCUT2D eigenvalue weighted by atomic mass is 35.5. The molecule has 0 saturated heterocycles. The number of carbonyl (C=O) groups is 1. The summed E-state index contributed by atoms with van der Waals surface area (Å²) in [7, 11) is 0. The molecule has 0 aliphatic heterocycles. The highest BCUT2D eigenvalue weighted by molar-refractivity contribution is 6.30. The van der Waals surface area contributed by atoms with Gasteiger partial charge in [-0.3, -0.25) is 4.79 Å². The molecule has 1 aromatic carbocycles. The molecule has 1 atom stereocenters. The minimum Gasteiger partial charge on any atom is -0.346 e. The lowest BCUT2D eigenvalue weighted by Gasteiger charge is -2.09. The first-order valence-electron chi connectivity index (χ1n) is 5.42. The number of nitrogens with zero attached hydrogens (tertiary/aromatic N) is 3. The highest BCUT2D eigenvalue weighted by Gasteiger charge is 2.13. The molecule has 0 aliphatic carbocycles. The average molecular weight is 266 g/mol. The zero-order valence-electron chi connectivity index (χ0n) is 9.72. The van der Waals surface area contributed by atoms with Crippen LogP contribution in [0.1, 0.15) is 24.4 Å². The number of rotatable bonds is 4. The molecule has 6 nitrogen and oxygen atoms in total. The van der Waals surface area contributed by atoms with Gasteiger partial charge >= 0.3 is 0 Å². The maximum atomic E-state index is 11.8. The molecule has 1 heterocycles. The molecule has 0 radical (unpaired) electrons. The number of benzene rings is 1. The number of H-pyrrole nitrogens is 1. The molecule has 7 heteroatoms. The minimum atomic E-state index is -0.282. The molecular formula is C11H12ClN5O. The molecule has 0 spiro atoms. The van der Waals surface area contributed by atoms with Gasteiger partial charge in [-0.25, -0.2) is 0 Å². The molecule has 94 valence electrons. The van der Waals surface area contributed by atoms with Crippen molar-refractivity contribution >= 4 is 17.5 Å². The Hall–Kier alpha value is -1.95. The van der Waals surface area contributed by atoms with Crippen molar-refractivity contribution in [2.24, 2.45) is 0 Å². The van der Waals surface area contributed by atoms with Crippen LogP contribution in [0.2, 0.25) is 5.02 Å². The van der Waals surface area contributed by atoms with Crippen LogP contribution in [0.25, 0.3) is 0 Å². The second-order valence-electron chi connectivity index (χ2n) is 3.87. The van der Waals surface area contributed by atoms with E-state index < -0.39 is 0 Å². The summed E-state index contributed by atoms with van der Waals surface area (Å²) in [6, 6.07) is 6.92. The molecular weight excluding hydrogens is 254 g/mol. The maximum absolute atomic E-state index is 11.8. The first-order valence-corrected chi connectivity index (χ1v) is 5.80. The lowest BCUT2D eigenvalue weighted by molar-refractivity contribution is -0.121. The number of aromatic amines is 1. The molecule has 2 N–H and O–H groups in total. The van der Waals surface area contributed by atoms with Gasteiger partial charge in [-0.15, -0.1) is 10.2 Å². The number of hydrogen-bond acceptors (Lipinski definition) is 4. The molecule has 2 rings (SSSR count). The average Bonchev–Trinajstić information content (AvgIpc) is 2.81. The normalized spacial score (nSPS) is 12.1. The van der Waals surface area contributed by atoms with Crippen molar-refractivity contribution in [2.75, 3.05) is 0 Å². The third-order valence-electron chi connectivity index (χ3n) is 2.38. The lowest BCUT2D eigenvalue weighted by Crippen LogP contribution is -2.28. The van der Waals surface area contributed by atoms with Gasteiger partial charge < -0.3 is 5.32 Å². The molecule has 0 saturated carbocycles. The van der Waals surface area contributed by atoms with Crippen LogP contribution in [-0.4, -0.2) is 26.5 Å². The molecule has 2 aromatic rings. The van der Waals surface area contributed by atoms with E-state index in [0.717, 1.165) is 5.56 Å². The number of hydrogen-bond donors (Lipinski definition) is 2. The van der Waals surface area contributed by atoms with Crippen LogP contribution in [0, 0.1) is 0 Å². The van der Waals surface area contributed by atoms with Gasteiger partial charge in [0.15, 0.2) is 5.82 Å². The SMILES string of the molecule is CC(NC(=O)Cc1cccc(Cl)c1)c1nn[nH]n1. The molecule has 0 bridgehead atoms. The summed E-state index contributed by atoms with van der Waals surface area (Å²) in [5, 5.41) is 16.8. The number of amides is 1. The topological polar surface area (TPSA) is 83.6 Å². The quantitative estimate of drug-likeness (QED) is 0.872. The van der Waals surface area contributed by atoms with E-state index in [9.17, 15) is 4.79 Å². The summed E-state index contributed by atoms with van der Waals surface area (Å²) >= 11 is 5.85. The largest absolute Gasteiger partial charge is 0.346 e. The van der Waals surface area contributed by atoms with Crippen molar-refractivity contribution in [3.8, 4) is 0 Å². The number of carbonyl (C=O) groups excluding carboxylic acids is 1. The van der Waals surface area contributed by atoms with Crippen molar-refractivity contribution in [3.05, 3.63) is 40.7 Å². The van der Waals surface area contributed by atoms with Crippen molar-refractivity contribution in [1.82, 2.24) is 25.9 Å². The van der Waals surface area contributed by atoms with E-state index in [1.807, 2.05) is 12.1 Å². The Morgan fingerprint density at radius 3 is 3.06 bits per heavy atom. The summed E-state index contributed by atoms with van der Waals surface area (Å²) in [5.74, 6) is 0.337. The summed E-state index contributed by atoms with van der Waals surface area (Å²) in [6.45, 7) is 1.79. The van der Waals surface area contributed by atoms with E-state index in [4.69, 9.17) is 11.6 Å². The van der Waals surface area contributed by atoms with E-state index in [-0.39, 0.29) is 18.4 Å². The predicted molar refractivity (Wildman–Crippen MR) is 65.9 cm³/mol. The van der Waals surface area contributed by atoms with Crippen LogP contribution in [0.5, 0.6) is 0 Å². The fraction of sp³-hybridized carbons (Fsp3) is 0.273. The predicted octanol–water partition coefficient (Wildman–Crippen LogP) is 1.27. The Morgan fingerprint density at radius 2 is 2.39 bits per heavy atom. The van der Waals surface area contributed by atoms with Gasteiger partial charge in [0.25, 0.3) is 0 Å². The molecule has 18 heavy (non-hydrogen) atoms. The lowest BCUT2D eigenvalue weighted by atomic mass is 10.1. The summed E-state index contributed by atoms with van der Waals surface area (Å²) in [6.07, 6.45) is 0.267. The van der Waals surface area contributed by atoms with Crippen molar-refractivity contribution in [1.29, 1.82) is 0 Å². The van der Waals surface area contributed by atoms with Gasteiger partial charge in [-0.05, 0) is 24.6 Å². The Kier molecular flexibility index (Phi) is 3.88. The van der Waals surface area contributed by atoms with E-state index in [1.54, 1.807) is 19.1 Å². The smallest absolute Gasteiger partial charge is 0.225 e. The van der Waals surface area contributed by atoms with Crippen LogP contribution in [0.3, 0.4) is 0 Å². The van der Waals surface area contributed by atoms with Crippen molar-refractivity contribution < 1.29 is 4.79 Å². The number of halogens is 1. The van der Waals surface area contributed by atoms with Crippen LogP contribution in [0.4, 0.5) is 0 Å². The fourth-order valence-corrected chi connectivity index (χ4v) is 1.76. The van der Waals surface area contributed by atoms with E-state index in [2.05, 4.69) is 25.9 Å². The number of tetrazole rings is 1. The van der Waals surface area contributed by atoms with Gasteiger partial charge in [-0.2, -0.15) is 5.21 Å². The standard InChI is InChI=1S/C11H12ClN5O/c1-7(11-14-16-17-15-11)13-10(18)6-8-3-2-4-9(12)5-8/h2-5,7H,6H2,1H3,(H,13,18)(H,14,15,16,17). The first-order chi connectivity index (χ1) is 8.65.